The lowest BCUT2D eigenvalue weighted by molar-refractivity contribution is -0.149. The summed E-state index contributed by atoms with van der Waals surface area (Å²) in [6, 6.07) is 7.21. The highest BCUT2D eigenvalue weighted by Crippen LogP contribution is 2.30. The van der Waals surface area contributed by atoms with Gasteiger partial charge in [0, 0.05) is 25.5 Å². The molecular weight excluding hydrogens is 488 g/mol. The second kappa shape index (κ2) is 12.8. The number of anilines is 2. The summed E-state index contributed by atoms with van der Waals surface area (Å²) in [5.41, 5.74) is 6.55. The molecule has 12 heteroatoms. The number of fused-ring (bicyclic) bond motifs is 1. The number of halogens is 1. The van der Waals surface area contributed by atoms with Gasteiger partial charge in [0.05, 0.1) is 17.8 Å². The average Bonchev–Trinajstić information content (AvgIpc) is 3.79. The van der Waals surface area contributed by atoms with Gasteiger partial charge in [0.15, 0.2) is 5.65 Å². The molecule has 36 heavy (non-hydrogen) atoms. The number of aromatic nitrogens is 4. The number of nitrogen functional groups attached to an aromatic ring is 1. The van der Waals surface area contributed by atoms with Gasteiger partial charge in [-0.05, 0) is 80.3 Å². The van der Waals surface area contributed by atoms with Crippen LogP contribution in [0.4, 0.5) is 11.5 Å². The van der Waals surface area contributed by atoms with Gasteiger partial charge in [-0.15, -0.1) is 0 Å². The van der Waals surface area contributed by atoms with Crippen LogP contribution in [-0.4, -0.2) is 43.9 Å². The van der Waals surface area contributed by atoms with E-state index >= 15 is 0 Å². The van der Waals surface area contributed by atoms with E-state index in [1.807, 2.05) is 12.1 Å². The zero-order valence-corrected chi connectivity index (χ0v) is 20.7. The Kier molecular flexibility index (Phi) is 9.57. The summed E-state index contributed by atoms with van der Waals surface area (Å²) < 4.78 is 5.67. The van der Waals surface area contributed by atoms with E-state index in [2.05, 4.69) is 25.0 Å². The van der Waals surface area contributed by atoms with E-state index in [0.717, 1.165) is 36.8 Å². The summed E-state index contributed by atoms with van der Waals surface area (Å²) in [5.74, 6) is 1.22. The van der Waals surface area contributed by atoms with Gasteiger partial charge in [-0.25, -0.2) is 14.8 Å². The van der Waals surface area contributed by atoms with Crippen LogP contribution in [0, 0.1) is 11.8 Å². The molecule has 3 aromatic heterocycles. The highest BCUT2D eigenvalue weighted by atomic mass is 35.5. The Labute approximate surface area is 212 Å². The summed E-state index contributed by atoms with van der Waals surface area (Å²) in [6.45, 7) is 3.40. The molecule has 0 bridgehead atoms. The van der Waals surface area contributed by atoms with Crippen LogP contribution in [0.3, 0.4) is 0 Å². The second-order valence-electron chi connectivity index (χ2n) is 8.45. The second-order valence-corrected chi connectivity index (χ2v) is 8.79. The van der Waals surface area contributed by atoms with Gasteiger partial charge in [0.25, 0.3) is 0 Å². The first kappa shape index (κ1) is 26.9. The number of ether oxygens (including phenoxy) is 1. The topological polar surface area (TPSA) is 162 Å². The van der Waals surface area contributed by atoms with Crippen molar-refractivity contribution >= 4 is 45.5 Å². The third-order valence-electron chi connectivity index (χ3n) is 5.40. The molecule has 0 atom stereocenters. The van der Waals surface area contributed by atoms with Crippen LogP contribution in [0.1, 0.15) is 32.6 Å². The lowest BCUT2D eigenvalue weighted by atomic mass is 10.3. The number of hydrogen-bond donors (Lipinski definition) is 3. The molecular formula is C24H29ClN6O5. The number of nitrogens with two attached hydrogens (primary N) is 1. The lowest BCUT2D eigenvalue weighted by Gasteiger charge is -2.06. The van der Waals surface area contributed by atoms with Gasteiger partial charge >= 0.3 is 22.3 Å². The summed E-state index contributed by atoms with van der Waals surface area (Å²) in [4.78, 5) is 53.9. The van der Waals surface area contributed by atoms with Crippen molar-refractivity contribution in [3.05, 3.63) is 57.4 Å². The van der Waals surface area contributed by atoms with Crippen molar-refractivity contribution in [2.75, 3.05) is 24.2 Å². The number of nitrogens with zero attached hydrogens (tertiary/aromatic N) is 3. The maximum absolute atomic E-state index is 11.7. The standard InChI is InChI=1S/C11H11N3O2.C9H13N3.C4H5ClO3/c15-10-11(16)14(6-7-3-4-7)9-8(13-10)2-1-5-12-9;10-8-2-1-5-11-9(8)12-6-7-3-4-7;1-2-8-4(7)3(5)6/h1-2,5,7H,3-4,6H2,(H,13,15);1-2,5,7H,3-4,6,10H2,(H,11,12);2H2,1H3. The molecule has 3 heterocycles. The van der Waals surface area contributed by atoms with Gasteiger partial charge in [0.1, 0.15) is 5.82 Å². The Hall–Kier alpha value is -3.73. The lowest BCUT2D eigenvalue weighted by Crippen LogP contribution is -2.37. The number of aromatic amines is 1. The molecule has 11 nitrogen and oxygen atoms in total. The number of rotatable bonds is 7. The first-order chi connectivity index (χ1) is 17.3. The molecule has 0 spiro atoms. The highest BCUT2D eigenvalue weighted by Gasteiger charge is 2.24. The summed E-state index contributed by atoms with van der Waals surface area (Å²) in [6.07, 6.45) is 8.34. The minimum Gasteiger partial charge on any atom is -0.459 e. The zero-order chi connectivity index (χ0) is 26.1. The van der Waals surface area contributed by atoms with Crippen molar-refractivity contribution < 1.29 is 14.3 Å². The molecule has 0 radical (unpaired) electrons. The van der Waals surface area contributed by atoms with Crippen molar-refractivity contribution in [2.24, 2.45) is 11.8 Å². The first-order valence-corrected chi connectivity index (χ1v) is 12.1. The molecule has 2 aliphatic rings. The molecule has 3 aromatic rings. The van der Waals surface area contributed by atoms with E-state index in [-0.39, 0.29) is 6.61 Å². The maximum atomic E-state index is 11.7. The van der Waals surface area contributed by atoms with Crippen LogP contribution >= 0.6 is 11.6 Å². The summed E-state index contributed by atoms with van der Waals surface area (Å²) in [7, 11) is 0. The molecule has 2 fully saturated rings. The van der Waals surface area contributed by atoms with Gasteiger partial charge in [-0.1, -0.05) is 0 Å². The fourth-order valence-electron chi connectivity index (χ4n) is 3.15. The molecule has 0 saturated heterocycles. The Morgan fingerprint density at radius 2 is 1.81 bits per heavy atom. The van der Waals surface area contributed by atoms with Crippen LogP contribution in [0.15, 0.2) is 46.2 Å². The Morgan fingerprint density at radius 3 is 2.39 bits per heavy atom. The van der Waals surface area contributed by atoms with Crippen molar-refractivity contribution in [2.45, 2.75) is 39.2 Å². The Morgan fingerprint density at radius 1 is 1.14 bits per heavy atom. The number of carbonyl (C=O) groups excluding carboxylic acids is 2. The average molecular weight is 517 g/mol. The third-order valence-corrected chi connectivity index (χ3v) is 5.55. The maximum Gasteiger partial charge on any atom is 0.391 e. The predicted octanol–water partition coefficient (Wildman–Crippen LogP) is 2.30. The van der Waals surface area contributed by atoms with Crippen molar-refractivity contribution in [3.8, 4) is 0 Å². The van der Waals surface area contributed by atoms with Crippen LogP contribution < -0.4 is 22.2 Å². The number of pyridine rings is 2. The van der Waals surface area contributed by atoms with Crippen LogP contribution in [-0.2, 0) is 20.9 Å². The molecule has 0 unspecified atom stereocenters. The van der Waals surface area contributed by atoms with Crippen molar-refractivity contribution in [1.29, 1.82) is 0 Å². The molecule has 0 aliphatic heterocycles. The van der Waals surface area contributed by atoms with E-state index < -0.39 is 22.3 Å². The van der Waals surface area contributed by atoms with Crippen molar-refractivity contribution in [1.82, 2.24) is 19.5 Å². The quantitative estimate of drug-likeness (QED) is 0.243. The Balaban J connectivity index is 0.000000161. The molecule has 192 valence electrons. The smallest absolute Gasteiger partial charge is 0.391 e. The Bertz CT molecular complexity index is 1320. The summed E-state index contributed by atoms with van der Waals surface area (Å²) >= 11 is 4.69. The number of esters is 1. The number of carbonyl (C=O) groups is 2. The SMILES string of the molecule is CCOC(=O)C(=O)Cl.Nc1cccnc1NCC1CC1.O=c1[nH]c2cccnc2n(CC2CC2)c1=O. The fourth-order valence-corrected chi connectivity index (χ4v) is 3.20. The van der Waals surface area contributed by atoms with Crippen LogP contribution in [0.25, 0.3) is 11.2 Å². The van der Waals surface area contributed by atoms with Gasteiger partial charge in [0.2, 0.25) is 0 Å². The minimum atomic E-state index is -1.08. The largest absolute Gasteiger partial charge is 0.459 e. The number of hydrogen-bond acceptors (Lipinski definition) is 9. The highest BCUT2D eigenvalue weighted by molar-refractivity contribution is 6.80. The first-order valence-electron chi connectivity index (χ1n) is 11.7. The van der Waals surface area contributed by atoms with E-state index in [9.17, 15) is 19.2 Å². The predicted molar refractivity (Wildman–Crippen MR) is 137 cm³/mol. The van der Waals surface area contributed by atoms with E-state index in [0.29, 0.717) is 23.6 Å². The third kappa shape index (κ3) is 8.19. The number of H-pyrrole nitrogens is 1. The van der Waals surface area contributed by atoms with Crippen molar-refractivity contribution in [3.63, 3.8) is 0 Å². The van der Waals surface area contributed by atoms with Gasteiger partial charge in [-0.3, -0.25) is 19.0 Å². The number of nitrogens with one attached hydrogen (secondary N) is 2. The van der Waals surface area contributed by atoms with E-state index in [4.69, 9.17) is 17.3 Å². The van der Waals surface area contributed by atoms with Crippen LogP contribution in [0.2, 0.25) is 0 Å². The molecule has 0 amide bonds. The zero-order valence-electron chi connectivity index (χ0n) is 19.9. The summed E-state index contributed by atoms with van der Waals surface area (Å²) in [5, 5.41) is 2.16. The van der Waals surface area contributed by atoms with E-state index in [1.54, 1.807) is 31.5 Å². The van der Waals surface area contributed by atoms with Gasteiger partial charge < -0.3 is 20.8 Å². The molecule has 4 N–H and O–H groups in total. The molecule has 5 rings (SSSR count). The van der Waals surface area contributed by atoms with E-state index in [1.165, 1.54) is 17.4 Å². The normalized spacial score (nSPS) is 14.1. The fraction of sp³-hybridized carbons (Fsp3) is 0.417. The minimum absolute atomic E-state index is 0.178. The molecule has 0 aromatic carbocycles. The van der Waals surface area contributed by atoms with Crippen LogP contribution in [0.5, 0.6) is 0 Å². The molecule has 2 saturated carbocycles. The van der Waals surface area contributed by atoms with Gasteiger partial charge in [-0.2, -0.15) is 0 Å². The monoisotopic (exact) mass is 516 g/mol. The molecule has 2 aliphatic carbocycles.